The SMILES string of the molecule is CC(=O)Nc1ccc(S(=O)(=O)N2CCN(Cc3nnnn3-c3ccc(C)cc3)CC2)cc1. The Morgan fingerprint density at radius 2 is 1.66 bits per heavy atom. The Hall–Kier alpha value is -3.15. The number of amides is 1. The van der Waals surface area contributed by atoms with Crippen LogP contribution in [-0.2, 0) is 21.4 Å². The summed E-state index contributed by atoms with van der Waals surface area (Å²) in [6, 6.07) is 14.2. The Bertz CT molecular complexity index is 1180. The molecule has 32 heavy (non-hydrogen) atoms. The van der Waals surface area contributed by atoms with Crippen LogP contribution in [0.2, 0.25) is 0 Å². The molecule has 1 N–H and O–H groups in total. The van der Waals surface area contributed by atoms with Crippen LogP contribution in [0.1, 0.15) is 18.3 Å². The Labute approximate surface area is 186 Å². The molecule has 0 aliphatic carbocycles. The summed E-state index contributed by atoms with van der Waals surface area (Å²) in [6.07, 6.45) is 0. The van der Waals surface area contributed by atoms with Gasteiger partial charge >= 0.3 is 0 Å². The lowest BCUT2D eigenvalue weighted by atomic mass is 10.2. The highest BCUT2D eigenvalue weighted by atomic mass is 32.2. The molecule has 1 saturated heterocycles. The van der Waals surface area contributed by atoms with Gasteiger partial charge in [-0.05, 0) is 53.7 Å². The highest BCUT2D eigenvalue weighted by molar-refractivity contribution is 7.89. The van der Waals surface area contributed by atoms with Gasteiger partial charge in [-0.1, -0.05) is 17.7 Å². The number of hydrogen-bond donors (Lipinski definition) is 1. The molecule has 1 amide bonds. The van der Waals surface area contributed by atoms with Crippen LogP contribution in [-0.4, -0.2) is 69.9 Å². The third-order valence-corrected chi connectivity index (χ3v) is 7.23. The van der Waals surface area contributed by atoms with Crippen LogP contribution < -0.4 is 5.32 Å². The quantitative estimate of drug-likeness (QED) is 0.598. The average Bonchev–Trinajstić information content (AvgIpc) is 3.23. The fourth-order valence-corrected chi connectivity index (χ4v) is 5.00. The van der Waals surface area contributed by atoms with Crippen molar-refractivity contribution in [3.05, 3.63) is 59.9 Å². The van der Waals surface area contributed by atoms with E-state index < -0.39 is 10.0 Å². The minimum absolute atomic E-state index is 0.204. The van der Waals surface area contributed by atoms with Gasteiger partial charge in [-0.2, -0.15) is 8.99 Å². The molecule has 1 aromatic heterocycles. The fourth-order valence-electron chi connectivity index (χ4n) is 3.58. The number of tetrazole rings is 1. The van der Waals surface area contributed by atoms with Crippen molar-refractivity contribution in [3.8, 4) is 5.69 Å². The molecular formula is C21H25N7O3S. The minimum Gasteiger partial charge on any atom is -0.326 e. The number of aromatic nitrogens is 4. The van der Waals surface area contributed by atoms with Crippen LogP contribution in [0, 0.1) is 6.92 Å². The van der Waals surface area contributed by atoms with Crippen molar-refractivity contribution in [2.75, 3.05) is 31.5 Å². The Morgan fingerprint density at radius 1 is 1.00 bits per heavy atom. The zero-order valence-electron chi connectivity index (χ0n) is 18.0. The predicted molar refractivity (Wildman–Crippen MR) is 119 cm³/mol. The number of carbonyl (C=O) groups is 1. The largest absolute Gasteiger partial charge is 0.326 e. The molecule has 0 radical (unpaired) electrons. The number of nitrogens with one attached hydrogen (secondary N) is 1. The van der Waals surface area contributed by atoms with Gasteiger partial charge in [0.15, 0.2) is 5.82 Å². The second kappa shape index (κ2) is 9.15. The zero-order chi connectivity index (χ0) is 22.7. The maximum Gasteiger partial charge on any atom is 0.243 e. The molecule has 0 atom stereocenters. The third kappa shape index (κ3) is 4.85. The molecule has 1 aliphatic heterocycles. The first-order chi connectivity index (χ1) is 15.3. The van der Waals surface area contributed by atoms with Crippen molar-refractivity contribution in [2.45, 2.75) is 25.3 Å². The molecule has 0 unspecified atom stereocenters. The van der Waals surface area contributed by atoms with Gasteiger partial charge in [0, 0.05) is 38.8 Å². The van der Waals surface area contributed by atoms with Crippen LogP contribution in [0.25, 0.3) is 5.69 Å². The standard InChI is InChI=1S/C21H25N7O3S/c1-16-3-7-19(8-4-16)28-21(23-24-25-28)15-26-11-13-27(14-12-26)32(30,31)20-9-5-18(6-10-20)22-17(2)29/h3-10H,11-15H2,1-2H3,(H,22,29). The average molecular weight is 456 g/mol. The van der Waals surface area contributed by atoms with Crippen molar-refractivity contribution < 1.29 is 13.2 Å². The second-order valence-electron chi connectivity index (χ2n) is 7.73. The van der Waals surface area contributed by atoms with E-state index >= 15 is 0 Å². The number of anilines is 1. The van der Waals surface area contributed by atoms with Gasteiger partial charge in [0.1, 0.15) is 0 Å². The van der Waals surface area contributed by atoms with Crippen molar-refractivity contribution in [3.63, 3.8) is 0 Å². The van der Waals surface area contributed by atoms with E-state index in [2.05, 4.69) is 25.7 Å². The smallest absolute Gasteiger partial charge is 0.243 e. The summed E-state index contributed by atoms with van der Waals surface area (Å²) in [5.41, 5.74) is 2.61. The molecule has 1 aliphatic rings. The summed E-state index contributed by atoms with van der Waals surface area (Å²) in [5, 5.41) is 14.7. The molecule has 0 bridgehead atoms. The van der Waals surface area contributed by atoms with Crippen molar-refractivity contribution in [1.82, 2.24) is 29.4 Å². The van der Waals surface area contributed by atoms with E-state index in [4.69, 9.17) is 0 Å². The normalized spacial score (nSPS) is 15.6. The maximum absolute atomic E-state index is 13.0. The van der Waals surface area contributed by atoms with E-state index in [-0.39, 0.29) is 10.8 Å². The van der Waals surface area contributed by atoms with Crippen molar-refractivity contribution >= 4 is 21.6 Å². The monoisotopic (exact) mass is 455 g/mol. The fraction of sp³-hybridized carbons (Fsp3) is 0.333. The molecular weight excluding hydrogens is 430 g/mol. The van der Waals surface area contributed by atoms with Crippen molar-refractivity contribution in [1.29, 1.82) is 0 Å². The van der Waals surface area contributed by atoms with Gasteiger partial charge in [-0.15, -0.1) is 5.10 Å². The van der Waals surface area contributed by atoms with Crippen molar-refractivity contribution in [2.24, 2.45) is 0 Å². The van der Waals surface area contributed by atoms with Gasteiger partial charge in [-0.25, -0.2) is 8.42 Å². The molecule has 0 spiro atoms. The van der Waals surface area contributed by atoms with Gasteiger partial charge in [0.05, 0.1) is 17.1 Å². The van der Waals surface area contributed by atoms with E-state index in [1.807, 2.05) is 31.2 Å². The number of carbonyl (C=O) groups excluding carboxylic acids is 1. The second-order valence-corrected chi connectivity index (χ2v) is 9.67. The number of rotatable bonds is 6. The topological polar surface area (TPSA) is 113 Å². The number of aryl methyl sites for hydroxylation is 1. The zero-order valence-corrected chi connectivity index (χ0v) is 18.8. The summed E-state index contributed by atoms with van der Waals surface area (Å²) >= 11 is 0. The van der Waals surface area contributed by atoms with E-state index in [0.717, 1.165) is 11.3 Å². The highest BCUT2D eigenvalue weighted by Crippen LogP contribution is 2.20. The van der Waals surface area contributed by atoms with Gasteiger partial charge in [0.25, 0.3) is 0 Å². The Balaban J connectivity index is 1.39. The summed E-state index contributed by atoms with van der Waals surface area (Å²) in [4.78, 5) is 13.5. The number of sulfonamides is 1. The van der Waals surface area contributed by atoms with Crippen LogP contribution in [0.15, 0.2) is 53.4 Å². The summed E-state index contributed by atoms with van der Waals surface area (Å²) < 4.78 is 29.2. The Kier molecular flexibility index (Phi) is 6.31. The number of benzene rings is 2. The first-order valence-electron chi connectivity index (χ1n) is 10.3. The van der Waals surface area contributed by atoms with Crippen LogP contribution in [0.4, 0.5) is 5.69 Å². The minimum atomic E-state index is -3.60. The molecule has 3 aromatic rings. The van der Waals surface area contributed by atoms with E-state index in [1.165, 1.54) is 23.4 Å². The summed E-state index contributed by atoms with van der Waals surface area (Å²) in [6.45, 7) is 5.86. The number of piperazine rings is 1. The number of nitrogens with zero attached hydrogens (tertiary/aromatic N) is 6. The highest BCUT2D eigenvalue weighted by Gasteiger charge is 2.29. The van der Waals surface area contributed by atoms with Crippen LogP contribution in [0.3, 0.4) is 0 Å². The van der Waals surface area contributed by atoms with Gasteiger partial charge < -0.3 is 5.32 Å². The summed E-state index contributed by atoms with van der Waals surface area (Å²) in [5.74, 6) is 0.504. The van der Waals surface area contributed by atoms with Gasteiger partial charge in [-0.3, -0.25) is 9.69 Å². The predicted octanol–water partition coefficient (Wildman–Crippen LogP) is 1.44. The third-order valence-electron chi connectivity index (χ3n) is 5.32. The van der Waals surface area contributed by atoms with Gasteiger partial charge in [0.2, 0.25) is 15.9 Å². The van der Waals surface area contributed by atoms with E-state index in [9.17, 15) is 13.2 Å². The summed E-state index contributed by atoms with van der Waals surface area (Å²) in [7, 11) is -3.60. The maximum atomic E-state index is 13.0. The lowest BCUT2D eigenvalue weighted by molar-refractivity contribution is -0.114. The van der Waals surface area contributed by atoms with E-state index in [0.29, 0.717) is 44.2 Å². The van der Waals surface area contributed by atoms with Crippen LogP contribution in [0.5, 0.6) is 0 Å². The molecule has 4 rings (SSSR count). The lowest BCUT2D eigenvalue weighted by Gasteiger charge is -2.33. The first-order valence-corrected chi connectivity index (χ1v) is 11.7. The molecule has 11 heteroatoms. The molecule has 10 nitrogen and oxygen atoms in total. The molecule has 168 valence electrons. The van der Waals surface area contributed by atoms with E-state index in [1.54, 1.807) is 16.8 Å². The van der Waals surface area contributed by atoms with Crippen LogP contribution >= 0.6 is 0 Å². The molecule has 1 fully saturated rings. The molecule has 0 saturated carbocycles. The molecule has 2 heterocycles. The lowest BCUT2D eigenvalue weighted by Crippen LogP contribution is -2.48. The molecule has 2 aromatic carbocycles. The first kappa shape index (κ1) is 22.1. The Morgan fingerprint density at radius 3 is 2.28 bits per heavy atom. The number of hydrogen-bond acceptors (Lipinski definition) is 7.